The van der Waals surface area contributed by atoms with Gasteiger partial charge in [-0.25, -0.2) is 0 Å². The molecule has 130 valence electrons. The topological polar surface area (TPSA) is 46.6 Å². The molecule has 2 atom stereocenters. The average Bonchev–Trinajstić information content (AvgIpc) is 3.33. The van der Waals surface area contributed by atoms with E-state index in [-0.39, 0.29) is 17.1 Å². The van der Waals surface area contributed by atoms with Crippen LogP contribution in [0, 0.1) is 11.3 Å². The van der Waals surface area contributed by atoms with Crippen LogP contribution < -0.4 is 0 Å². The van der Waals surface area contributed by atoms with Gasteiger partial charge < -0.3 is 9.64 Å². The first-order chi connectivity index (χ1) is 11.7. The van der Waals surface area contributed by atoms with E-state index in [0.717, 1.165) is 43.9 Å². The van der Waals surface area contributed by atoms with Crippen molar-refractivity contribution in [2.45, 2.75) is 51.0 Å². The number of ether oxygens (including phenoxy) is 1. The first-order valence-corrected chi connectivity index (χ1v) is 10.0. The molecule has 1 aromatic rings. The molecule has 1 amide bonds. The number of likely N-dealkylation sites (tertiary alicyclic amines) is 1. The summed E-state index contributed by atoms with van der Waals surface area (Å²) < 4.78 is 5.57. The third-order valence-electron chi connectivity index (χ3n) is 6.32. The summed E-state index contributed by atoms with van der Waals surface area (Å²) in [4.78, 5) is 27.9. The molecule has 0 unspecified atom stereocenters. The van der Waals surface area contributed by atoms with E-state index >= 15 is 0 Å². The monoisotopic (exact) mass is 347 g/mol. The summed E-state index contributed by atoms with van der Waals surface area (Å²) >= 11 is 1.46. The maximum atomic E-state index is 12.8. The van der Waals surface area contributed by atoms with E-state index in [0.29, 0.717) is 24.8 Å². The van der Waals surface area contributed by atoms with Crippen molar-refractivity contribution >= 4 is 23.0 Å². The van der Waals surface area contributed by atoms with Crippen molar-refractivity contribution < 1.29 is 14.3 Å². The van der Waals surface area contributed by atoms with Crippen LogP contribution in [0.2, 0.25) is 0 Å². The van der Waals surface area contributed by atoms with Crippen LogP contribution >= 0.6 is 11.3 Å². The van der Waals surface area contributed by atoms with Crippen LogP contribution in [0.4, 0.5) is 0 Å². The zero-order chi connectivity index (χ0) is 16.6. The normalized spacial score (nSPS) is 28.2. The van der Waals surface area contributed by atoms with Crippen molar-refractivity contribution in [3.8, 4) is 0 Å². The molecule has 1 aliphatic carbocycles. The van der Waals surface area contributed by atoms with Gasteiger partial charge in [0.05, 0.1) is 4.88 Å². The van der Waals surface area contributed by atoms with Crippen LogP contribution in [-0.4, -0.2) is 42.4 Å². The zero-order valence-electron chi connectivity index (χ0n) is 14.0. The molecular formula is C19H25NO3S. The van der Waals surface area contributed by atoms with Gasteiger partial charge in [0.2, 0.25) is 5.91 Å². The SMILES string of the molecule is O=C(CCC(=O)N1CC2(CCOCC2)[C@@H]2CCC[C@@H]21)c1cccs1. The second kappa shape index (κ2) is 6.60. The molecule has 2 saturated heterocycles. The Labute approximate surface area is 147 Å². The van der Waals surface area contributed by atoms with Crippen LogP contribution in [0.3, 0.4) is 0 Å². The molecule has 4 nitrogen and oxygen atoms in total. The highest BCUT2D eigenvalue weighted by Gasteiger charge is 2.55. The van der Waals surface area contributed by atoms with Gasteiger partial charge in [-0.15, -0.1) is 11.3 Å². The van der Waals surface area contributed by atoms with E-state index in [4.69, 9.17) is 4.74 Å². The number of Topliss-reactive ketones (excluding diaryl/α,β-unsaturated/α-hetero) is 1. The number of rotatable bonds is 4. The lowest BCUT2D eigenvalue weighted by Crippen LogP contribution is -2.38. The summed E-state index contributed by atoms with van der Waals surface area (Å²) in [7, 11) is 0. The van der Waals surface area contributed by atoms with Crippen molar-refractivity contribution in [2.24, 2.45) is 11.3 Å². The van der Waals surface area contributed by atoms with Gasteiger partial charge in [-0.3, -0.25) is 9.59 Å². The van der Waals surface area contributed by atoms with E-state index in [1.54, 1.807) is 0 Å². The van der Waals surface area contributed by atoms with Gasteiger partial charge in [-0.2, -0.15) is 0 Å². The van der Waals surface area contributed by atoms with Crippen molar-refractivity contribution in [2.75, 3.05) is 19.8 Å². The lowest BCUT2D eigenvalue weighted by Gasteiger charge is -2.37. The van der Waals surface area contributed by atoms with Gasteiger partial charge in [-0.1, -0.05) is 12.5 Å². The molecular weight excluding hydrogens is 322 g/mol. The first-order valence-electron chi connectivity index (χ1n) is 9.14. The van der Waals surface area contributed by atoms with Gasteiger partial charge in [0.1, 0.15) is 0 Å². The molecule has 4 rings (SSSR count). The molecule has 2 aliphatic heterocycles. The number of fused-ring (bicyclic) bond motifs is 2. The highest BCUT2D eigenvalue weighted by molar-refractivity contribution is 7.12. The summed E-state index contributed by atoms with van der Waals surface area (Å²) in [6.45, 7) is 2.56. The molecule has 0 aromatic carbocycles. The van der Waals surface area contributed by atoms with Gasteiger partial charge in [0.15, 0.2) is 5.78 Å². The number of carbonyl (C=O) groups excluding carboxylic acids is 2. The first kappa shape index (κ1) is 16.3. The lowest BCUT2D eigenvalue weighted by molar-refractivity contribution is -0.132. The number of hydrogen-bond acceptors (Lipinski definition) is 4. The second-order valence-corrected chi connectivity index (χ2v) is 8.45. The minimum absolute atomic E-state index is 0.0984. The second-order valence-electron chi connectivity index (χ2n) is 7.50. The highest BCUT2D eigenvalue weighted by atomic mass is 32.1. The van der Waals surface area contributed by atoms with Gasteiger partial charge in [-0.05, 0) is 48.5 Å². The summed E-state index contributed by atoms with van der Waals surface area (Å²) in [5.41, 5.74) is 0.285. The van der Waals surface area contributed by atoms with Crippen LogP contribution in [0.15, 0.2) is 17.5 Å². The molecule has 1 saturated carbocycles. The summed E-state index contributed by atoms with van der Waals surface area (Å²) in [6, 6.07) is 4.14. The van der Waals surface area contributed by atoms with Gasteiger partial charge >= 0.3 is 0 Å². The zero-order valence-corrected chi connectivity index (χ0v) is 14.9. The van der Waals surface area contributed by atoms with E-state index in [9.17, 15) is 9.59 Å². The minimum Gasteiger partial charge on any atom is -0.381 e. The molecule has 3 heterocycles. The number of carbonyl (C=O) groups is 2. The molecule has 1 spiro atoms. The lowest BCUT2D eigenvalue weighted by atomic mass is 9.71. The molecule has 0 bridgehead atoms. The summed E-state index contributed by atoms with van der Waals surface area (Å²) in [5, 5.41) is 1.91. The maximum absolute atomic E-state index is 12.8. The molecule has 1 aromatic heterocycles. The van der Waals surface area contributed by atoms with E-state index < -0.39 is 0 Å². The number of amides is 1. The number of ketones is 1. The fourth-order valence-electron chi connectivity index (χ4n) is 5.11. The molecule has 24 heavy (non-hydrogen) atoms. The van der Waals surface area contributed by atoms with Crippen LogP contribution in [0.25, 0.3) is 0 Å². The standard InChI is InChI=1S/C19H25NO3S/c21-16(17-5-2-12-24-17)6-7-18(22)20-13-19(8-10-23-11-9-19)14-3-1-4-15(14)20/h2,5,12,14-15H,1,3-4,6-11,13H2/t14-,15+/m1/s1. The van der Waals surface area contributed by atoms with Crippen molar-refractivity contribution in [3.63, 3.8) is 0 Å². The smallest absolute Gasteiger partial charge is 0.223 e. The molecule has 3 aliphatic rings. The Bertz CT molecular complexity index is 606. The third-order valence-corrected chi connectivity index (χ3v) is 7.23. The number of thiophene rings is 1. The summed E-state index contributed by atoms with van der Waals surface area (Å²) in [6.07, 6.45) is 6.49. The van der Waals surface area contributed by atoms with E-state index in [2.05, 4.69) is 4.90 Å². The average molecular weight is 347 g/mol. The Hall–Kier alpha value is -1.20. The largest absolute Gasteiger partial charge is 0.381 e. The van der Waals surface area contributed by atoms with Crippen LogP contribution in [0.1, 0.15) is 54.6 Å². The molecule has 0 radical (unpaired) electrons. The highest BCUT2D eigenvalue weighted by Crippen LogP contribution is 2.53. The summed E-state index contributed by atoms with van der Waals surface area (Å²) in [5.74, 6) is 0.930. The van der Waals surface area contributed by atoms with Crippen molar-refractivity contribution in [1.29, 1.82) is 0 Å². The Morgan fingerprint density at radius 1 is 1.25 bits per heavy atom. The van der Waals surface area contributed by atoms with Crippen LogP contribution in [0.5, 0.6) is 0 Å². The van der Waals surface area contributed by atoms with Crippen molar-refractivity contribution in [1.82, 2.24) is 4.90 Å². The van der Waals surface area contributed by atoms with E-state index in [1.807, 2.05) is 17.5 Å². The minimum atomic E-state index is 0.0984. The van der Waals surface area contributed by atoms with Gasteiger partial charge in [0.25, 0.3) is 0 Å². The van der Waals surface area contributed by atoms with E-state index in [1.165, 1.54) is 24.2 Å². The predicted octanol–water partition coefficient (Wildman–Crippen LogP) is 3.52. The quantitative estimate of drug-likeness (QED) is 0.783. The Morgan fingerprint density at radius 3 is 2.83 bits per heavy atom. The Kier molecular flexibility index (Phi) is 4.48. The predicted molar refractivity (Wildman–Crippen MR) is 93.2 cm³/mol. The molecule has 3 fully saturated rings. The number of hydrogen-bond donors (Lipinski definition) is 0. The Balaban J connectivity index is 1.41. The fraction of sp³-hybridized carbons (Fsp3) is 0.684. The van der Waals surface area contributed by atoms with Crippen LogP contribution in [-0.2, 0) is 9.53 Å². The van der Waals surface area contributed by atoms with Gasteiger partial charge in [0, 0.05) is 38.6 Å². The molecule has 0 N–H and O–H groups in total. The van der Waals surface area contributed by atoms with Crippen molar-refractivity contribution in [3.05, 3.63) is 22.4 Å². The third kappa shape index (κ3) is 2.82. The number of nitrogens with zero attached hydrogens (tertiary/aromatic N) is 1. The fourth-order valence-corrected chi connectivity index (χ4v) is 5.80. The Morgan fingerprint density at radius 2 is 2.08 bits per heavy atom. The maximum Gasteiger partial charge on any atom is 0.223 e. The molecule has 5 heteroatoms.